The molecular formula is C17H24FN3O3S. The maximum atomic E-state index is 13.8. The topological polar surface area (TPSA) is 60.9 Å². The Hall–Kier alpha value is -1.51. The van der Waals surface area contributed by atoms with Gasteiger partial charge in [-0.1, -0.05) is 18.2 Å². The summed E-state index contributed by atoms with van der Waals surface area (Å²) < 4.78 is 41.6. The highest BCUT2D eigenvalue weighted by molar-refractivity contribution is 7.87. The van der Waals surface area contributed by atoms with Crippen molar-refractivity contribution >= 4 is 16.1 Å². The normalized spacial score (nSPS) is 24.6. The quantitative estimate of drug-likeness (QED) is 0.810. The third-order valence-corrected chi connectivity index (χ3v) is 6.92. The fraction of sp³-hybridized carbons (Fsp3) is 0.588. The minimum absolute atomic E-state index is 0.0141. The summed E-state index contributed by atoms with van der Waals surface area (Å²) in [5.41, 5.74) is 0.337. The lowest BCUT2D eigenvalue weighted by atomic mass is 10.0. The minimum atomic E-state index is -3.74. The first kappa shape index (κ1) is 18.3. The number of likely N-dealkylation sites (tertiary alicyclic amines) is 1. The average Bonchev–Trinajstić information content (AvgIpc) is 2.85. The van der Waals surface area contributed by atoms with Crippen LogP contribution in [0.2, 0.25) is 0 Å². The average molecular weight is 369 g/mol. The Kier molecular flexibility index (Phi) is 5.41. The van der Waals surface area contributed by atoms with E-state index >= 15 is 0 Å². The molecule has 0 bridgehead atoms. The van der Waals surface area contributed by atoms with Crippen LogP contribution in [0.1, 0.15) is 31.7 Å². The lowest BCUT2D eigenvalue weighted by molar-refractivity contribution is -0.134. The number of carbonyl (C=O) groups excluding carboxylic acids is 1. The maximum absolute atomic E-state index is 13.8. The van der Waals surface area contributed by atoms with Crippen LogP contribution in [0, 0.1) is 5.82 Å². The first-order valence-corrected chi connectivity index (χ1v) is 10.1. The molecule has 8 heteroatoms. The third-order valence-electron chi connectivity index (χ3n) is 4.99. The molecule has 0 saturated carbocycles. The molecule has 0 aliphatic carbocycles. The second-order valence-corrected chi connectivity index (χ2v) is 8.63. The van der Waals surface area contributed by atoms with Crippen LogP contribution in [-0.2, 0) is 21.5 Å². The number of carbonyl (C=O) groups is 1. The van der Waals surface area contributed by atoms with E-state index in [1.165, 1.54) is 14.7 Å². The predicted molar refractivity (Wildman–Crippen MR) is 92.3 cm³/mol. The molecule has 1 unspecified atom stereocenters. The summed E-state index contributed by atoms with van der Waals surface area (Å²) >= 11 is 0. The van der Waals surface area contributed by atoms with Gasteiger partial charge in [0.1, 0.15) is 5.82 Å². The fourth-order valence-electron chi connectivity index (χ4n) is 3.47. The van der Waals surface area contributed by atoms with Crippen molar-refractivity contribution in [3.05, 3.63) is 35.6 Å². The van der Waals surface area contributed by atoms with Crippen LogP contribution in [-0.4, -0.2) is 60.1 Å². The van der Waals surface area contributed by atoms with E-state index < -0.39 is 16.0 Å². The van der Waals surface area contributed by atoms with E-state index in [1.807, 2.05) is 6.92 Å². The SMILES string of the molecule is CC1CCCCN1C(=O)CN1CCN(Cc2ccccc2F)S1(=O)=O. The molecule has 2 aliphatic heterocycles. The van der Waals surface area contributed by atoms with Gasteiger partial charge >= 0.3 is 0 Å². The summed E-state index contributed by atoms with van der Waals surface area (Å²) in [6.07, 6.45) is 3.02. The van der Waals surface area contributed by atoms with Crippen molar-refractivity contribution in [3.63, 3.8) is 0 Å². The maximum Gasteiger partial charge on any atom is 0.282 e. The number of amides is 1. The highest BCUT2D eigenvalue weighted by atomic mass is 32.2. The molecule has 2 fully saturated rings. The van der Waals surface area contributed by atoms with Crippen molar-refractivity contribution in [1.29, 1.82) is 0 Å². The Morgan fingerprint density at radius 1 is 1.16 bits per heavy atom. The molecule has 1 amide bonds. The molecule has 1 aromatic carbocycles. The summed E-state index contributed by atoms with van der Waals surface area (Å²) in [6, 6.07) is 6.30. The molecule has 0 spiro atoms. The zero-order chi connectivity index (χ0) is 18.0. The second kappa shape index (κ2) is 7.39. The fourth-order valence-corrected chi connectivity index (χ4v) is 4.99. The van der Waals surface area contributed by atoms with E-state index in [4.69, 9.17) is 0 Å². The summed E-state index contributed by atoms with van der Waals surface area (Å²) in [6.45, 7) is 3.05. The van der Waals surface area contributed by atoms with Gasteiger partial charge < -0.3 is 4.90 Å². The van der Waals surface area contributed by atoms with Crippen LogP contribution in [0.3, 0.4) is 0 Å². The number of hydrogen-bond acceptors (Lipinski definition) is 3. The molecule has 2 saturated heterocycles. The first-order chi connectivity index (χ1) is 11.9. The van der Waals surface area contributed by atoms with Crippen LogP contribution in [0.5, 0.6) is 0 Å². The predicted octanol–water partition coefficient (Wildman–Crippen LogP) is 1.59. The van der Waals surface area contributed by atoms with Crippen LogP contribution in [0.15, 0.2) is 24.3 Å². The Bertz CT molecular complexity index is 740. The van der Waals surface area contributed by atoms with Gasteiger partial charge in [-0.15, -0.1) is 0 Å². The zero-order valence-corrected chi connectivity index (χ0v) is 15.2. The zero-order valence-electron chi connectivity index (χ0n) is 14.4. The summed E-state index contributed by atoms with van der Waals surface area (Å²) in [5.74, 6) is -0.571. The number of nitrogens with zero attached hydrogens (tertiary/aromatic N) is 3. The Morgan fingerprint density at radius 3 is 2.60 bits per heavy atom. The highest BCUT2D eigenvalue weighted by Gasteiger charge is 2.39. The van der Waals surface area contributed by atoms with Crippen LogP contribution in [0.4, 0.5) is 4.39 Å². The smallest absolute Gasteiger partial charge is 0.282 e. The summed E-state index contributed by atoms with van der Waals surface area (Å²) in [7, 11) is -3.74. The first-order valence-electron chi connectivity index (χ1n) is 8.67. The van der Waals surface area contributed by atoms with Crippen LogP contribution < -0.4 is 0 Å². The molecule has 0 aromatic heterocycles. The van der Waals surface area contributed by atoms with Crippen molar-refractivity contribution in [3.8, 4) is 0 Å². The van der Waals surface area contributed by atoms with E-state index in [1.54, 1.807) is 23.1 Å². The second-order valence-electron chi connectivity index (χ2n) is 6.70. The van der Waals surface area contributed by atoms with Crippen LogP contribution >= 0.6 is 0 Å². The molecule has 1 aromatic rings. The van der Waals surface area contributed by atoms with Crippen molar-refractivity contribution in [1.82, 2.24) is 13.5 Å². The minimum Gasteiger partial charge on any atom is -0.339 e. The summed E-state index contributed by atoms with van der Waals surface area (Å²) in [4.78, 5) is 14.3. The van der Waals surface area contributed by atoms with Gasteiger partial charge in [0.2, 0.25) is 5.91 Å². The third kappa shape index (κ3) is 3.86. The van der Waals surface area contributed by atoms with E-state index in [2.05, 4.69) is 0 Å². The Labute approximate surface area is 148 Å². The molecular weight excluding hydrogens is 345 g/mol. The lowest BCUT2D eigenvalue weighted by Crippen LogP contribution is -2.47. The summed E-state index contributed by atoms with van der Waals surface area (Å²) in [5, 5.41) is 0. The van der Waals surface area contributed by atoms with Crippen molar-refractivity contribution in [2.24, 2.45) is 0 Å². The Morgan fingerprint density at radius 2 is 1.88 bits per heavy atom. The van der Waals surface area contributed by atoms with Gasteiger partial charge in [0.15, 0.2) is 0 Å². The molecule has 2 aliphatic rings. The number of piperidine rings is 1. The van der Waals surface area contributed by atoms with Gasteiger partial charge in [-0.2, -0.15) is 17.0 Å². The van der Waals surface area contributed by atoms with Crippen molar-refractivity contribution < 1.29 is 17.6 Å². The molecule has 0 radical (unpaired) electrons. The molecule has 6 nitrogen and oxygen atoms in total. The number of halogens is 1. The highest BCUT2D eigenvalue weighted by Crippen LogP contribution is 2.22. The van der Waals surface area contributed by atoms with Crippen LogP contribution in [0.25, 0.3) is 0 Å². The lowest BCUT2D eigenvalue weighted by Gasteiger charge is -2.34. The van der Waals surface area contributed by atoms with Gasteiger partial charge in [-0.3, -0.25) is 4.79 Å². The number of benzene rings is 1. The van der Waals surface area contributed by atoms with E-state index in [0.29, 0.717) is 12.1 Å². The number of rotatable bonds is 4. The van der Waals surface area contributed by atoms with E-state index in [0.717, 1.165) is 19.3 Å². The van der Waals surface area contributed by atoms with Gasteiger partial charge in [-0.25, -0.2) is 4.39 Å². The molecule has 25 heavy (non-hydrogen) atoms. The molecule has 1 atom stereocenters. The molecule has 138 valence electrons. The molecule has 0 N–H and O–H groups in total. The largest absolute Gasteiger partial charge is 0.339 e. The van der Waals surface area contributed by atoms with Gasteiger partial charge in [0.05, 0.1) is 6.54 Å². The van der Waals surface area contributed by atoms with Gasteiger partial charge in [-0.05, 0) is 32.3 Å². The van der Waals surface area contributed by atoms with Crippen molar-refractivity contribution in [2.45, 2.75) is 38.8 Å². The molecule has 2 heterocycles. The standard InChI is InChI=1S/C17H24FN3O3S/c1-14-6-4-5-9-21(14)17(22)13-20-11-10-19(25(20,23)24)12-15-7-2-3-8-16(15)18/h2-3,7-8,14H,4-6,9-13H2,1H3. The van der Waals surface area contributed by atoms with E-state index in [9.17, 15) is 17.6 Å². The number of hydrogen-bond donors (Lipinski definition) is 0. The van der Waals surface area contributed by atoms with Gasteiger partial charge in [0.25, 0.3) is 10.2 Å². The monoisotopic (exact) mass is 369 g/mol. The Balaban J connectivity index is 1.66. The van der Waals surface area contributed by atoms with E-state index in [-0.39, 0.29) is 38.1 Å². The molecule has 3 rings (SSSR count). The van der Waals surface area contributed by atoms with Gasteiger partial charge in [0, 0.05) is 37.8 Å². The van der Waals surface area contributed by atoms with Crippen molar-refractivity contribution in [2.75, 3.05) is 26.2 Å².